The molecule has 1 N–H and O–H groups in total. The second-order valence-electron chi connectivity index (χ2n) is 3.80. The number of hydrogen-bond acceptors (Lipinski definition) is 3. The zero-order chi connectivity index (χ0) is 10.7. The van der Waals surface area contributed by atoms with Crippen LogP contribution in [0.4, 0.5) is 5.69 Å². The molecule has 82 valence electrons. The number of ether oxygens (including phenoxy) is 2. The molecule has 0 bridgehead atoms. The summed E-state index contributed by atoms with van der Waals surface area (Å²) in [5.41, 5.74) is 2.54. The van der Waals surface area contributed by atoms with Crippen LogP contribution in [0.1, 0.15) is 12.5 Å². The molecule has 3 nitrogen and oxygen atoms in total. The quantitative estimate of drug-likeness (QED) is 0.769. The van der Waals surface area contributed by atoms with Crippen LogP contribution in [0.3, 0.4) is 0 Å². The van der Waals surface area contributed by atoms with Crippen molar-refractivity contribution in [2.75, 3.05) is 19.0 Å². The molecule has 2 unspecified atom stereocenters. The first kappa shape index (κ1) is 10.5. The normalized spacial score (nSPS) is 21.6. The maximum Gasteiger partial charge on any atom is 0.154 e. The molecule has 0 spiro atoms. The zero-order valence-electron chi connectivity index (χ0n) is 9.19. The van der Waals surface area contributed by atoms with Crippen molar-refractivity contribution in [1.29, 1.82) is 0 Å². The van der Waals surface area contributed by atoms with Gasteiger partial charge in [-0.1, -0.05) is 18.2 Å². The van der Waals surface area contributed by atoms with Crippen LogP contribution in [-0.4, -0.2) is 26.0 Å². The van der Waals surface area contributed by atoms with Crippen molar-refractivity contribution in [2.24, 2.45) is 0 Å². The van der Waals surface area contributed by atoms with E-state index in [2.05, 4.69) is 23.5 Å². The highest BCUT2D eigenvalue weighted by atomic mass is 16.7. The molecule has 0 radical (unpaired) electrons. The Hall–Kier alpha value is -1.06. The van der Waals surface area contributed by atoms with Gasteiger partial charge in [-0.15, -0.1) is 0 Å². The summed E-state index contributed by atoms with van der Waals surface area (Å²) in [4.78, 5) is 0. The highest BCUT2D eigenvalue weighted by Crippen LogP contribution is 2.22. The first-order chi connectivity index (χ1) is 7.29. The maximum atomic E-state index is 5.71. The molecule has 2 atom stereocenters. The van der Waals surface area contributed by atoms with Gasteiger partial charge in [0, 0.05) is 25.8 Å². The van der Waals surface area contributed by atoms with Gasteiger partial charge in [-0.2, -0.15) is 0 Å². The standard InChI is InChI=1S/C12H17NO2/c1-9(14-2)15-11-7-10-5-3-4-6-12(10)13-8-11/h3-6,9,11,13H,7-8H2,1-2H3. The number of benzene rings is 1. The highest BCUT2D eigenvalue weighted by molar-refractivity contribution is 5.53. The lowest BCUT2D eigenvalue weighted by Gasteiger charge is -2.28. The van der Waals surface area contributed by atoms with Crippen molar-refractivity contribution in [2.45, 2.75) is 25.7 Å². The van der Waals surface area contributed by atoms with Crippen LogP contribution in [0.25, 0.3) is 0 Å². The van der Waals surface area contributed by atoms with Gasteiger partial charge in [-0.05, 0) is 18.6 Å². The molecule has 1 aliphatic heterocycles. The summed E-state index contributed by atoms with van der Waals surface area (Å²) in [5, 5.41) is 3.36. The molecular formula is C12H17NO2. The fraction of sp³-hybridized carbons (Fsp3) is 0.500. The van der Waals surface area contributed by atoms with E-state index in [1.165, 1.54) is 11.3 Å². The molecule has 0 aliphatic carbocycles. The average molecular weight is 207 g/mol. The molecule has 1 aliphatic rings. The minimum atomic E-state index is -0.137. The van der Waals surface area contributed by atoms with Crippen LogP contribution in [-0.2, 0) is 15.9 Å². The minimum Gasteiger partial charge on any atom is -0.382 e. The van der Waals surface area contributed by atoms with Crippen molar-refractivity contribution in [3.63, 3.8) is 0 Å². The topological polar surface area (TPSA) is 30.5 Å². The lowest BCUT2D eigenvalue weighted by Crippen LogP contribution is -2.33. The third kappa shape index (κ3) is 2.49. The predicted molar refractivity (Wildman–Crippen MR) is 60.0 cm³/mol. The van der Waals surface area contributed by atoms with E-state index in [0.717, 1.165) is 13.0 Å². The molecular weight excluding hydrogens is 190 g/mol. The second-order valence-corrected chi connectivity index (χ2v) is 3.80. The molecule has 0 saturated carbocycles. The fourth-order valence-electron chi connectivity index (χ4n) is 1.83. The minimum absolute atomic E-state index is 0.137. The Balaban J connectivity index is 1.99. The van der Waals surface area contributed by atoms with E-state index < -0.39 is 0 Å². The first-order valence-corrected chi connectivity index (χ1v) is 5.29. The summed E-state index contributed by atoms with van der Waals surface area (Å²) in [7, 11) is 1.66. The third-order valence-electron chi connectivity index (χ3n) is 2.70. The Bertz CT molecular complexity index is 327. The van der Waals surface area contributed by atoms with Gasteiger partial charge < -0.3 is 14.8 Å². The first-order valence-electron chi connectivity index (χ1n) is 5.29. The van der Waals surface area contributed by atoms with Crippen LogP contribution in [0.5, 0.6) is 0 Å². The van der Waals surface area contributed by atoms with Crippen molar-refractivity contribution < 1.29 is 9.47 Å². The van der Waals surface area contributed by atoms with Gasteiger partial charge in [0.15, 0.2) is 6.29 Å². The molecule has 2 rings (SSSR count). The smallest absolute Gasteiger partial charge is 0.154 e. The zero-order valence-corrected chi connectivity index (χ0v) is 9.19. The van der Waals surface area contributed by atoms with E-state index in [9.17, 15) is 0 Å². The van der Waals surface area contributed by atoms with Crippen molar-refractivity contribution >= 4 is 5.69 Å². The van der Waals surface area contributed by atoms with Crippen molar-refractivity contribution in [3.8, 4) is 0 Å². The van der Waals surface area contributed by atoms with Gasteiger partial charge in [0.2, 0.25) is 0 Å². The Morgan fingerprint density at radius 1 is 1.40 bits per heavy atom. The van der Waals surface area contributed by atoms with Gasteiger partial charge in [0.25, 0.3) is 0 Å². The van der Waals surface area contributed by atoms with Crippen molar-refractivity contribution in [1.82, 2.24) is 0 Å². The van der Waals surface area contributed by atoms with Crippen molar-refractivity contribution in [3.05, 3.63) is 29.8 Å². The highest BCUT2D eigenvalue weighted by Gasteiger charge is 2.19. The molecule has 1 heterocycles. The maximum absolute atomic E-state index is 5.71. The monoisotopic (exact) mass is 207 g/mol. The molecule has 1 aromatic rings. The van der Waals surface area contributed by atoms with E-state index in [0.29, 0.717) is 0 Å². The van der Waals surface area contributed by atoms with Gasteiger partial charge in [-0.3, -0.25) is 0 Å². The molecule has 0 amide bonds. The van der Waals surface area contributed by atoms with Crippen LogP contribution in [0, 0.1) is 0 Å². The number of rotatable bonds is 3. The summed E-state index contributed by atoms with van der Waals surface area (Å²) in [5.74, 6) is 0. The molecule has 0 saturated heterocycles. The van der Waals surface area contributed by atoms with E-state index >= 15 is 0 Å². The van der Waals surface area contributed by atoms with Gasteiger partial charge in [0.1, 0.15) is 0 Å². The molecule has 0 fully saturated rings. The van der Waals surface area contributed by atoms with Crippen LogP contribution in [0.2, 0.25) is 0 Å². The largest absolute Gasteiger partial charge is 0.382 e. The van der Waals surface area contributed by atoms with Gasteiger partial charge in [0.05, 0.1) is 6.10 Å². The summed E-state index contributed by atoms with van der Waals surface area (Å²) < 4.78 is 10.8. The second kappa shape index (κ2) is 4.64. The number of nitrogens with one attached hydrogen (secondary N) is 1. The number of para-hydroxylation sites is 1. The fourth-order valence-corrected chi connectivity index (χ4v) is 1.83. The molecule has 0 aromatic heterocycles. The molecule has 1 aromatic carbocycles. The van der Waals surface area contributed by atoms with E-state index in [1.54, 1.807) is 7.11 Å². The lowest BCUT2D eigenvalue weighted by atomic mass is 10.0. The number of anilines is 1. The summed E-state index contributed by atoms with van der Waals surface area (Å²) in [6, 6.07) is 8.34. The summed E-state index contributed by atoms with van der Waals surface area (Å²) in [6.07, 6.45) is 1.02. The molecule has 15 heavy (non-hydrogen) atoms. The Morgan fingerprint density at radius 2 is 2.20 bits per heavy atom. The van der Waals surface area contributed by atoms with Gasteiger partial charge >= 0.3 is 0 Å². The van der Waals surface area contributed by atoms with E-state index in [4.69, 9.17) is 9.47 Å². The van der Waals surface area contributed by atoms with Crippen LogP contribution >= 0.6 is 0 Å². The number of methoxy groups -OCH3 is 1. The Kier molecular flexibility index (Phi) is 3.23. The van der Waals surface area contributed by atoms with Crippen LogP contribution in [0.15, 0.2) is 24.3 Å². The SMILES string of the molecule is COC(C)OC1CNc2ccccc2C1. The lowest BCUT2D eigenvalue weighted by molar-refractivity contribution is -0.140. The van der Waals surface area contributed by atoms with Gasteiger partial charge in [-0.25, -0.2) is 0 Å². The Labute approximate surface area is 90.4 Å². The molecule has 3 heteroatoms. The number of fused-ring (bicyclic) bond motifs is 1. The summed E-state index contributed by atoms with van der Waals surface area (Å²) >= 11 is 0. The number of hydrogen-bond donors (Lipinski definition) is 1. The summed E-state index contributed by atoms with van der Waals surface area (Å²) in [6.45, 7) is 2.77. The Morgan fingerprint density at radius 3 is 3.00 bits per heavy atom. The van der Waals surface area contributed by atoms with E-state index in [-0.39, 0.29) is 12.4 Å². The predicted octanol–water partition coefficient (Wildman–Crippen LogP) is 2.03. The third-order valence-corrected chi connectivity index (χ3v) is 2.70. The van der Waals surface area contributed by atoms with E-state index in [1.807, 2.05) is 13.0 Å². The average Bonchev–Trinajstić information content (AvgIpc) is 2.29. The van der Waals surface area contributed by atoms with Crippen LogP contribution < -0.4 is 5.32 Å².